The zero-order valence-electron chi connectivity index (χ0n) is 10.0. The fourth-order valence-corrected chi connectivity index (χ4v) is 0.343. The zero-order chi connectivity index (χ0) is 12.0. The molecule has 0 bridgehead atoms. The Hall–Kier alpha value is -0.830. The van der Waals surface area contributed by atoms with Crippen LogP contribution in [0.15, 0.2) is 12.7 Å². The molecular weight excluding hydrogens is 180 g/mol. The lowest BCUT2D eigenvalue weighted by atomic mass is 10.2. The van der Waals surface area contributed by atoms with E-state index in [1.807, 2.05) is 20.8 Å². The van der Waals surface area contributed by atoms with Gasteiger partial charge in [-0.1, -0.05) is 6.58 Å². The van der Waals surface area contributed by atoms with E-state index in [0.717, 1.165) is 6.08 Å². The molecule has 0 radical (unpaired) electrons. The molecule has 0 amide bonds. The third-order valence-electron chi connectivity index (χ3n) is 0.573. The van der Waals surface area contributed by atoms with Gasteiger partial charge in [-0.2, -0.15) is 0 Å². The maximum Gasteiger partial charge on any atom is 0.330 e. The lowest BCUT2D eigenvalue weighted by Crippen LogP contribution is -2.22. The van der Waals surface area contributed by atoms with Crippen LogP contribution in [0.1, 0.15) is 41.5 Å². The minimum atomic E-state index is -0.500. The van der Waals surface area contributed by atoms with Crippen LogP contribution in [-0.2, 0) is 9.53 Å². The van der Waals surface area contributed by atoms with Crippen LogP contribution < -0.4 is 0 Å². The standard InChI is InChI=1S/C7H12O2.C4H10O/c1-5-6(8)9-7(2,3)4;1-4(2,3)5/h5H,1H2,2-4H3;5H,1-3H3. The Balaban J connectivity index is 0. The molecular formula is C11H22O3. The van der Waals surface area contributed by atoms with E-state index in [1.165, 1.54) is 0 Å². The quantitative estimate of drug-likeness (QED) is 0.524. The Morgan fingerprint density at radius 2 is 1.50 bits per heavy atom. The summed E-state index contributed by atoms with van der Waals surface area (Å²) < 4.78 is 4.83. The maximum absolute atomic E-state index is 10.5. The molecule has 3 heteroatoms. The molecule has 3 nitrogen and oxygen atoms in total. The second-order valence-electron chi connectivity index (χ2n) is 4.91. The van der Waals surface area contributed by atoms with Crippen LogP contribution in [0.25, 0.3) is 0 Å². The number of ether oxygens (including phenoxy) is 1. The van der Waals surface area contributed by atoms with Crippen LogP contribution >= 0.6 is 0 Å². The van der Waals surface area contributed by atoms with Gasteiger partial charge in [0.1, 0.15) is 5.60 Å². The van der Waals surface area contributed by atoms with Gasteiger partial charge in [0, 0.05) is 6.08 Å². The van der Waals surface area contributed by atoms with Crippen LogP contribution in [-0.4, -0.2) is 22.3 Å². The first-order valence-corrected chi connectivity index (χ1v) is 4.53. The van der Waals surface area contributed by atoms with Gasteiger partial charge < -0.3 is 9.84 Å². The molecule has 0 aliphatic carbocycles. The van der Waals surface area contributed by atoms with Crippen molar-refractivity contribution in [2.24, 2.45) is 0 Å². The summed E-state index contributed by atoms with van der Waals surface area (Å²) in [7, 11) is 0. The fraction of sp³-hybridized carbons (Fsp3) is 0.727. The van der Waals surface area contributed by atoms with Crippen molar-refractivity contribution in [3.63, 3.8) is 0 Å². The van der Waals surface area contributed by atoms with Crippen LogP contribution in [0.5, 0.6) is 0 Å². The van der Waals surface area contributed by atoms with Crippen LogP contribution in [0, 0.1) is 0 Å². The van der Waals surface area contributed by atoms with Gasteiger partial charge >= 0.3 is 5.97 Å². The second kappa shape index (κ2) is 5.81. The van der Waals surface area contributed by atoms with E-state index in [1.54, 1.807) is 20.8 Å². The van der Waals surface area contributed by atoms with Gasteiger partial charge in [0.05, 0.1) is 5.60 Å². The van der Waals surface area contributed by atoms with Crippen molar-refractivity contribution < 1.29 is 14.6 Å². The maximum atomic E-state index is 10.5. The first-order valence-electron chi connectivity index (χ1n) is 4.53. The van der Waals surface area contributed by atoms with E-state index < -0.39 is 11.2 Å². The van der Waals surface area contributed by atoms with Gasteiger partial charge in [-0.05, 0) is 41.5 Å². The van der Waals surface area contributed by atoms with Gasteiger partial charge in [-0.15, -0.1) is 0 Å². The third kappa shape index (κ3) is 30.3. The lowest BCUT2D eigenvalue weighted by molar-refractivity contribution is -0.148. The van der Waals surface area contributed by atoms with E-state index in [-0.39, 0.29) is 5.97 Å². The molecule has 0 unspecified atom stereocenters. The van der Waals surface area contributed by atoms with Gasteiger partial charge in [-0.25, -0.2) is 4.79 Å². The van der Waals surface area contributed by atoms with Crippen molar-refractivity contribution in [3.05, 3.63) is 12.7 Å². The van der Waals surface area contributed by atoms with Crippen molar-refractivity contribution >= 4 is 5.97 Å². The monoisotopic (exact) mass is 202 g/mol. The minimum absolute atomic E-state index is 0.373. The normalized spacial score (nSPS) is 11.1. The van der Waals surface area contributed by atoms with Crippen molar-refractivity contribution in [2.75, 3.05) is 0 Å². The highest BCUT2D eigenvalue weighted by Gasteiger charge is 2.12. The van der Waals surface area contributed by atoms with Crippen LogP contribution in [0.3, 0.4) is 0 Å². The van der Waals surface area contributed by atoms with Crippen molar-refractivity contribution in [1.82, 2.24) is 0 Å². The average Bonchev–Trinajstić information content (AvgIpc) is 1.79. The number of hydrogen-bond acceptors (Lipinski definition) is 3. The number of esters is 1. The van der Waals surface area contributed by atoms with Crippen molar-refractivity contribution in [2.45, 2.75) is 52.7 Å². The first kappa shape index (κ1) is 15.6. The molecule has 14 heavy (non-hydrogen) atoms. The Labute approximate surface area is 86.8 Å². The number of carbonyl (C=O) groups is 1. The topological polar surface area (TPSA) is 46.5 Å². The molecule has 1 N–H and O–H groups in total. The first-order chi connectivity index (χ1) is 5.95. The highest BCUT2D eigenvalue weighted by atomic mass is 16.6. The molecule has 0 atom stereocenters. The molecule has 0 aromatic rings. The largest absolute Gasteiger partial charge is 0.457 e. The SMILES string of the molecule is C=CC(=O)OC(C)(C)C.CC(C)(C)O. The van der Waals surface area contributed by atoms with Gasteiger partial charge in [0.15, 0.2) is 0 Å². The highest BCUT2D eigenvalue weighted by Crippen LogP contribution is 2.06. The number of rotatable bonds is 1. The van der Waals surface area contributed by atoms with Gasteiger partial charge in [0.2, 0.25) is 0 Å². The van der Waals surface area contributed by atoms with E-state index in [2.05, 4.69) is 6.58 Å². The Morgan fingerprint density at radius 1 is 1.21 bits per heavy atom. The molecule has 0 rings (SSSR count). The molecule has 0 fully saturated rings. The Morgan fingerprint density at radius 3 is 1.57 bits per heavy atom. The molecule has 0 aliphatic rings. The number of aliphatic hydroxyl groups is 1. The summed E-state index contributed by atoms with van der Waals surface area (Å²) in [4.78, 5) is 10.5. The van der Waals surface area contributed by atoms with Crippen molar-refractivity contribution in [3.8, 4) is 0 Å². The minimum Gasteiger partial charge on any atom is -0.457 e. The van der Waals surface area contributed by atoms with Crippen LogP contribution in [0.4, 0.5) is 0 Å². The predicted molar refractivity (Wildman–Crippen MR) is 58.0 cm³/mol. The summed E-state index contributed by atoms with van der Waals surface area (Å²) in [6.45, 7) is 13.9. The third-order valence-corrected chi connectivity index (χ3v) is 0.573. The second-order valence-corrected chi connectivity index (χ2v) is 4.91. The van der Waals surface area contributed by atoms with Gasteiger partial charge in [0.25, 0.3) is 0 Å². The summed E-state index contributed by atoms with van der Waals surface area (Å²) in [6.07, 6.45) is 1.16. The summed E-state index contributed by atoms with van der Waals surface area (Å²) >= 11 is 0. The Bertz CT molecular complexity index is 176. The molecule has 0 aliphatic heterocycles. The lowest BCUT2D eigenvalue weighted by Gasteiger charge is -2.17. The summed E-state index contributed by atoms with van der Waals surface area (Å²) in [5.74, 6) is -0.373. The Kier molecular flexibility index (Phi) is 6.48. The fourth-order valence-electron chi connectivity index (χ4n) is 0.343. The summed E-state index contributed by atoms with van der Waals surface area (Å²) in [5, 5.41) is 8.52. The predicted octanol–water partition coefficient (Wildman–Crippen LogP) is 2.29. The van der Waals surface area contributed by atoms with Crippen molar-refractivity contribution in [1.29, 1.82) is 0 Å². The zero-order valence-corrected chi connectivity index (χ0v) is 10.0. The molecule has 84 valence electrons. The smallest absolute Gasteiger partial charge is 0.330 e. The molecule has 0 aromatic carbocycles. The summed E-state index contributed by atoms with van der Waals surface area (Å²) in [5.41, 5.74) is -0.898. The average molecular weight is 202 g/mol. The molecule has 0 saturated heterocycles. The van der Waals surface area contributed by atoms with Crippen LogP contribution in [0.2, 0.25) is 0 Å². The van der Waals surface area contributed by atoms with E-state index in [4.69, 9.17) is 9.84 Å². The molecule has 0 saturated carbocycles. The number of carbonyl (C=O) groups excluding carboxylic acids is 1. The molecule has 0 heterocycles. The molecule has 0 spiro atoms. The van der Waals surface area contributed by atoms with E-state index in [9.17, 15) is 4.79 Å². The van der Waals surface area contributed by atoms with Gasteiger partial charge in [-0.3, -0.25) is 0 Å². The summed E-state index contributed by atoms with van der Waals surface area (Å²) in [6, 6.07) is 0. The molecule has 0 aromatic heterocycles. The highest BCUT2D eigenvalue weighted by molar-refractivity contribution is 5.81. The van der Waals surface area contributed by atoms with E-state index >= 15 is 0 Å². The number of hydrogen-bond donors (Lipinski definition) is 1. The van der Waals surface area contributed by atoms with E-state index in [0.29, 0.717) is 0 Å².